The fourth-order valence-electron chi connectivity index (χ4n) is 2.67. The maximum Gasteiger partial charge on any atom is 0.230 e. The number of aromatic nitrogens is 4. The summed E-state index contributed by atoms with van der Waals surface area (Å²) >= 11 is 7.39. The van der Waals surface area contributed by atoms with Gasteiger partial charge in [-0.3, -0.25) is 9.78 Å². The number of carbonyl (C=O) groups is 1. The minimum Gasteiger partial charge on any atom is -0.349 e. The number of carbonyl (C=O) groups excluding carboxylic acids is 1. The molecule has 6 nitrogen and oxygen atoms in total. The Morgan fingerprint density at radius 2 is 2.04 bits per heavy atom. The highest BCUT2D eigenvalue weighted by Gasteiger charge is 2.16. The summed E-state index contributed by atoms with van der Waals surface area (Å²) in [6.07, 6.45) is 3.45. The molecule has 1 N–H and O–H groups in total. The second-order valence-corrected chi connectivity index (χ2v) is 7.30. The van der Waals surface area contributed by atoms with Gasteiger partial charge in [0.2, 0.25) is 5.91 Å². The number of nitrogens with zero attached hydrogens (tertiary/aromatic N) is 4. The molecule has 2 heterocycles. The van der Waals surface area contributed by atoms with E-state index in [-0.39, 0.29) is 17.7 Å². The summed E-state index contributed by atoms with van der Waals surface area (Å²) in [5.74, 6) is 0.970. The zero-order valence-electron chi connectivity index (χ0n) is 15.1. The lowest BCUT2D eigenvalue weighted by molar-refractivity contribution is -0.119. The average molecular weight is 402 g/mol. The van der Waals surface area contributed by atoms with Gasteiger partial charge in [0, 0.05) is 29.5 Å². The van der Waals surface area contributed by atoms with E-state index in [1.165, 1.54) is 11.8 Å². The van der Waals surface area contributed by atoms with Crippen LogP contribution in [0.1, 0.15) is 25.5 Å². The van der Waals surface area contributed by atoms with E-state index >= 15 is 0 Å². The fourth-order valence-corrected chi connectivity index (χ4v) is 3.68. The summed E-state index contributed by atoms with van der Waals surface area (Å²) in [5.41, 5.74) is 1.92. The van der Waals surface area contributed by atoms with Crippen molar-refractivity contribution in [2.75, 3.05) is 5.75 Å². The maximum atomic E-state index is 12.3. The maximum absolute atomic E-state index is 12.3. The molecule has 1 aromatic carbocycles. The Balaban J connectivity index is 1.63. The van der Waals surface area contributed by atoms with Gasteiger partial charge in [0.25, 0.3) is 0 Å². The van der Waals surface area contributed by atoms with Crippen LogP contribution in [-0.2, 0) is 11.3 Å². The number of hydrogen-bond acceptors (Lipinski definition) is 5. The van der Waals surface area contributed by atoms with Gasteiger partial charge in [-0.25, -0.2) is 0 Å². The number of amides is 1. The van der Waals surface area contributed by atoms with Crippen LogP contribution in [0.4, 0.5) is 0 Å². The molecule has 0 bridgehead atoms. The quantitative estimate of drug-likeness (QED) is 0.606. The van der Waals surface area contributed by atoms with Crippen molar-refractivity contribution in [2.45, 2.75) is 31.6 Å². The van der Waals surface area contributed by atoms with Crippen molar-refractivity contribution in [1.29, 1.82) is 0 Å². The molecule has 0 aliphatic rings. The molecule has 3 aromatic rings. The number of nitrogens with one attached hydrogen (secondary N) is 1. The zero-order valence-corrected chi connectivity index (χ0v) is 16.7. The van der Waals surface area contributed by atoms with Crippen molar-refractivity contribution >= 4 is 29.3 Å². The highest BCUT2D eigenvalue weighted by atomic mass is 35.5. The topological polar surface area (TPSA) is 72.7 Å². The standard InChI is InChI=1S/C19H20ClN5OS/c1-3-25-18(14-7-9-21-10-8-14)23-24-19(25)27-12-17(26)22-13(2)15-5-4-6-16(20)11-15/h4-11,13H,3,12H2,1-2H3,(H,22,26)/t13-/m0/s1. The third-order valence-electron chi connectivity index (χ3n) is 4.03. The normalized spacial score (nSPS) is 12.0. The Hall–Kier alpha value is -2.38. The number of benzene rings is 1. The van der Waals surface area contributed by atoms with Crippen LogP contribution < -0.4 is 5.32 Å². The second kappa shape index (κ2) is 9.01. The summed E-state index contributed by atoms with van der Waals surface area (Å²) < 4.78 is 1.99. The molecule has 0 saturated heterocycles. The highest BCUT2D eigenvalue weighted by Crippen LogP contribution is 2.24. The van der Waals surface area contributed by atoms with Crippen molar-refractivity contribution in [1.82, 2.24) is 25.1 Å². The predicted octanol–water partition coefficient (Wildman–Crippen LogP) is 3.98. The molecule has 140 valence electrons. The Kier molecular flexibility index (Phi) is 6.47. The van der Waals surface area contributed by atoms with Crippen LogP contribution in [0.15, 0.2) is 53.9 Å². The van der Waals surface area contributed by atoms with Gasteiger partial charge in [0.1, 0.15) is 0 Å². The Morgan fingerprint density at radius 1 is 1.26 bits per heavy atom. The average Bonchev–Trinajstić information content (AvgIpc) is 3.10. The van der Waals surface area contributed by atoms with Crippen LogP contribution in [-0.4, -0.2) is 31.4 Å². The van der Waals surface area contributed by atoms with Gasteiger partial charge in [0.15, 0.2) is 11.0 Å². The molecule has 27 heavy (non-hydrogen) atoms. The first-order valence-corrected chi connectivity index (χ1v) is 9.96. The van der Waals surface area contributed by atoms with E-state index in [2.05, 4.69) is 20.5 Å². The van der Waals surface area contributed by atoms with Gasteiger partial charge in [-0.2, -0.15) is 0 Å². The molecular formula is C19H20ClN5OS. The molecule has 0 saturated carbocycles. The zero-order chi connectivity index (χ0) is 19.2. The minimum absolute atomic E-state index is 0.0661. The lowest BCUT2D eigenvalue weighted by Crippen LogP contribution is -2.28. The molecule has 0 radical (unpaired) electrons. The van der Waals surface area contributed by atoms with Gasteiger partial charge < -0.3 is 9.88 Å². The summed E-state index contributed by atoms with van der Waals surface area (Å²) in [6.45, 7) is 4.68. The SMILES string of the molecule is CCn1c(SCC(=O)N[C@@H](C)c2cccc(Cl)c2)nnc1-c1ccncc1. The number of pyridine rings is 1. The van der Waals surface area contributed by atoms with Crippen LogP contribution in [0.25, 0.3) is 11.4 Å². The van der Waals surface area contributed by atoms with Gasteiger partial charge in [-0.05, 0) is 43.7 Å². The van der Waals surface area contributed by atoms with E-state index < -0.39 is 0 Å². The summed E-state index contributed by atoms with van der Waals surface area (Å²) in [4.78, 5) is 16.4. The van der Waals surface area contributed by atoms with Gasteiger partial charge >= 0.3 is 0 Å². The lowest BCUT2D eigenvalue weighted by atomic mass is 10.1. The molecule has 1 atom stereocenters. The third kappa shape index (κ3) is 4.87. The van der Waals surface area contributed by atoms with Crippen molar-refractivity contribution < 1.29 is 4.79 Å². The van der Waals surface area contributed by atoms with Crippen molar-refractivity contribution in [2.24, 2.45) is 0 Å². The van der Waals surface area contributed by atoms with Crippen molar-refractivity contribution in [3.63, 3.8) is 0 Å². The number of hydrogen-bond donors (Lipinski definition) is 1. The third-order valence-corrected chi connectivity index (χ3v) is 5.23. The monoisotopic (exact) mass is 401 g/mol. The first-order valence-electron chi connectivity index (χ1n) is 8.59. The summed E-state index contributed by atoms with van der Waals surface area (Å²) in [5, 5.41) is 12.9. The Morgan fingerprint density at radius 3 is 2.74 bits per heavy atom. The van der Waals surface area contributed by atoms with Crippen molar-refractivity contribution in [3.05, 3.63) is 59.4 Å². The number of halogens is 1. The van der Waals surface area contributed by atoms with Crippen LogP contribution in [0.2, 0.25) is 5.02 Å². The van der Waals surface area contributed by atoms with Crippen LogP contribution in [0.5, 0.6) is 0 Å². The van der Waals surface area contributed by atoms with E-state index in [0.717, 1.165) is 22.1 Å². The molecule has 3 rings (SSSR count). The Bertz CT molecular complexity index is 915. The first-order chi connectivity index (χ1) is 13.1. The second-order valence-electron chi connectivity index (χ2n) is 5.92. The smallest absolute Gasteiger partial charge is 0.230 e. The largest absolute Gasteiger partial charge is 0.349 e. The first kappa shape index (κ1) is 19.4. The number of rotatable bonds is 7. The molecule has 0 spiro atoms. The predicted molar refractivity (Wildman–Crippen MR) is 108 cm³/mol. The summed E-state index contributed by atoms with van der Waals surface area (Å²) in [6, 6.07) is 11.2. The molecule has 0 unspecified atom stereocenters. The van der Waals surface area contributed by atoms with Gasteiger partial charge in [-0.15, -0.1) is 10.2 Å². The molecule has 1 amide bonds. The van der Waals surface area contributed by atoms with Crippen molar-refractivity contribution in [3.8, 4) is 11.4 Å². The summed E-state index contributed by atoms with van der Waals surface area (Å²) in [7, 11) is 0. The highest BCUT2D eigenvalue weighted by molar-refractivity contribution is 7.99. The molecule has 8 heteroatoms. The van der Waals surface area contributed by atoms with Crippen LogP contribution in [0, 0.1) is 0 Å². The van der Waals surface area contributed by atoms with E-state index in [0.29, 0.717) is 11.6 Å². The van der Waals surface area contributed by atoms with E-state index in [1.807, 2.05) is 54.8 Å². The van der Waals surface area contributed by atoms with Gasteiger partial charge in [-0.1, -0.05) is 35.5 Å². The number of thioether (sulfide) groups is 1. The molecule has 0 aliphatic heterocycles. The fraction of sp³-hybridized carbons (Fsp3) is 0.263. The van der Waals surface area contributed by atoms with E-state index in [1.54, 1.807) is 12.4 Å². The minimum atomic E-state index is -0.117. The molecule has 2 aromatic heterocycles. The van der Waals surface area contributed by atoms with Crippen LogP contribution in [0.3, 0.4) is 0 Å². The van der Waals surface area contributed by atoms with Gasteiger partial charge in [0.05, 0.1) is 11.8 Å². The molecule has 0 aliphatic carbocycles. The molecule has 0 fully saturated rings. The van der Waals surface area contributed by atoms with Crippen LogP contribution >= 0.6 is 23.4 Å². The Labute approximate surface area is 167 Å². The lowest BCUT2D eigenvalue weighted by Gasteiger charge is -2.14. The van der Waals surface area contributed by atoms with E-state index in [4.69, 9.17) is 11.6 Å². The van der Waals surface area contributed by atoms with E-state index in [9.17, 15) is 4.79 Å². The molecular weight excluding hydrogens is 382 g/mol.